The number of anilines is 1. The third-order valence-corrected chi connectivity index (χ3v) is 4.81. The molecule has 1 aliphatic rings. The van der Waals surface area contributed by atoms with Gasteiger partial charge in [0.05, 0.1) is 10.9 Å². The number of hydrogen-bond acceptors (Lipinski definition) is 5. The molecule has 1 aliphatic heterocycles. The number of nitrogens with two attached hydrogens (primary N) is 1. The summed E-state index contributed by atoms with van der Waals surface area (Å²) in [5.74, 6) is 1.59. The van der Waals surface area contributed by atoms with Crippen LogP contribution in [0.2, 0.25) is 0 Å². The highest BCUT2D eigenvalue weighted by molar-refractivity contribution is 8.14. The first-order chi connectivity index (χ1) is 9.34. The van der Waals surface area contributed by atoms with E-state index < -0.39 is 10.0 Å². The summed E-state index contributed by atoms with van der Waals surface area (Å²) >= 11 is 1.66. The Labute approximate surface area is 124 Å². The van der Waals surface area contributed by atoms with Crippen molar-refractivity contribution in [2.24, 2.45) is 16.0 Å². The number of hydrogen-bond donors (Lipinski definition) is 2. The highest BCUT2D eigenvalue weighted by Crippen LogP contribution is 2.24. The lowest BCUT2D eigenvalue weighted by Crippen LogP contribution is -2.13. The van der Waals surface area contributed by atoms with Crippen molar-refractivity contribution in [2.45, 2.75) is 31.2 Å². The number of aliphatic imine (C=N–C) groups is 1. The predicted molar refractivity (Wildman–Crippen MR) is 84.6 cm³/mol. The van der Waals surface area contributed by atoms with Crippen LogP contribution in [0.3, 0.4) is 0 Å². The van der Waals surface area contributed by atoms with Crippen LogP contribution in [-0.2, 0) is 10.0 Å². The van der Waals surface area contributed by atoms with Crippen molar-refractivity contribution in [2.75, 3.05) is 11.1 Å². The van der Waals surface area contributed by atoms with Crippen molar-refractivity contribution in [3.05, 3.63) is 24.3 Å². The summed E-state index contributed by atoms with van der Waals surface area (Å²) in [6, 6.07) is 6.80. The average Bonchev–Trinajstić information content (AvgIpc) is 2.75. The van der Waals surface area contributed by atoms with Gasteiger partial charge in [0.15, 0.2) is 5.17 Å². The Hall–Kier alpha value is -1.05. The molecule has 1 aromatic rings. The molecule has 3 N–H and O–H groups in total. The molecule has 0 aromatic heterocycles. The number of nitrogens with zero attached hydrogens (tertiary/aromatic N) is 1. The van der Waals surface area contributed by atoms with E-state index in [1.165, 1.54) is 12.1 Å². The largest absolute Gasteiger partial charge is 0.335 e. The quantitative estimate of drug-likeness (QED) is 0.893. The number of rotatable bonds is 4. The molecule has 1 unspecified atom stereocenters. The molecule has 0 aliphatic carbocycles. The van der Waals surface area contributed by atoms with Gasteiger partial charge in [-0.1, -0.05) is 31.7 Å². The number of thioether (sulfide) groups is 1. The molecular weight excluding hydrogens is 294 g/mol. The summed E-state index contributed by atoms with van der Waals surface area (Å²) in [5, 5.41) is 9.10. The van der Waals surface area contributed by atoms with E-state index in [2.05, 4.69) is 24.2 Å². The SMILES string of the molecule is CC(C)CC1CSC(Nc2cccc(S(N)(=O)=O)c2)=N1. The third-order valence-electron chi connectivity index (χ3n) is 2.87. The van der Waals surface area contributed by atoms with Crippen molar-refractivity contribution < 1.29 is 8.42 Å². The van der Waals surface area contributed by atoms with E-state index in [4.69, 9.17) is 5.14 Å². The first kappa shape index (κ1) is 15.3. The molecule has 20 heavy (non-hydrogen) atoms. The van der Waals surface area contributed by atoms with Crippen LogP contribution in [0.1, 0.15) is 20.3 Å². The lowest BCUT2D eigenvalue weighted by Gasteiger charge is -2.08. The molecule has 1 atom stereocenters. The molecule has 0 fully saturated rings. The normalized spacial score (nSPS) is 19.2. The zero-order valence-corrected chi connectivity index (χ0v) is 13.2. The second-order valence-electron chi connectivity index (χ2n) is 5.23. The molecular formula is C13H19N3O2S2. The first-order valence-electron chi connectivity index (χ1n) is 6.45. The molecule has 0 spiro atoms. The standard InChI is InChI=1S/C13H19N3O2S2/c1-9(2)6-11-8-19-13(16-11)15-10-4-3-5-12(7-10)20(14,17)18/h3-5,7,9,11H,6,8H2,1-2H3,(H,15,16)(H2,14,17,18). The van der Waals surface area contributed by atoms with Crippen LogP contribution >= 0.6 is 11.8 Å². The Kier molecular flexibility index (Phi) is 4.72. The van der Waals surface area contributed by atoms with E-state index in [1.54, 1.807) is 23.9 Å². The molecule has 0 saturated heterocycles. The van der Waals surface area contributed by atoms with Gasteiger partial charge in [0.1, 0.15) is 0 Å². The number of sulfonamides is 1. The summed E-state index contributed by atoms with van der Waals surface area (Å²) < 4.78 is 22.6. The van der Waals surface area contributed by atoms with Gasteiger partial charge in [0.25, 0.3) is 0 Å². The number of amidine groups is 1. The van der Waals surface area contributed by atoms with Crippen molar-refractivity contribution in [3.8, 4) is 0 Å². The van der Waals surface area contributed by atoms with Crippen molar-refractivity contribution in [3.63, 3.8) is 0 Å². The summed E-state index contributed by atoms with van der Waals surface area (Å²) in [5.41, 5.74) is 0.688. The fraction of sp³-hybridized carbons (Fsp3) is 0.462. The molecule has 1 aromatic carbocycles. The fourth-order valence-electron chi connectivity index (χ4n) is 2.02. The predicted octanol–water partition coefficient (Wildman–Crippen LogP) is 2.26. The molecule has 0 saturated carbocycles. The van der Waals surface area contributed by atoms with Crippen LogP contribution in [0, 0.1) is 5.92 Å². The lowest BCUT2D eigenvalue weighted by atomic mass is 10.1. The highest BCUT2D eigenvalue weighted by atomic mass is 32.2. The highest BCUT2D eigenvalue weighted by Gasteiger charge is 2.19. The Balaban J connectivity index is 2.08. The van der Waals surface area contributed by atoms with Gasteiger partial charge in [0, 0.05) is 11.4 Å². The maximum atomic E-state index is 11.3. The van der Waals surface area contributed by atoms with E-state index >= 15 is 0 Å². The second kappa shape index (κ2) is 6.15. The summed E-state index contributed by atoms with van der Waals surface area (Å²) in [4.78, 5) is 4.70. The zero-order chi connectivity index (χ0) is 14.8. The van der Waals surface area contributed by atoms with Gasteiger partial charge in [-0.05, 0) is 30.5 Å². The summed E-state index contributed by atoms with van der Waals surface area (Å²) in [6.07, 6.45) is 1.06. The number of nitrogens with one attached hydrogen (secondary N) is 1. The molecule has 1 heterocycles. The smallest absolute Gasteiger partial charge is 0.238 e. The minimum absolute atomic E-state index is 0.102. The van der Waals surface area contributed by atoms with Crippen molar-refractivity contribution in [1.82, 2.24) is 0 Å². The van der Waals surface area contributed by atoms with Crippen molar-refractivity contribution >= 4 is 32.6 Å². The second-order valence-corrected chi connectivity index (χ2v) is 7.80. The Bertz CT molecular complexity index is 612. The average molecular weight is 313 g/mol. The first-order valence-corrected chi connectivity index (χ1v) is 8.98. The topological polar surface area (TPSA) is 84.5 Å². The van der Waals surface area contributed by atoms with Gasteiger partial charge < -0.3 is 5.32 Å². The Morgan fingerprint density at radius 3 is 2.90 bits per heavy atom. The minimum atomic E-state index is -3.67. The van der Waals surface area contributed by atoms with Crippen LogP contribution in [0.5, 0.6) is 0 Å². The minimum Gasteiger partial charge on any atom is -0.335 e. The van der Waals surface area contributed by atoms with E-state index in [-0.39, 0.29) is 4.90 Å². The Morgan fingerprint density at radius 2 is 2.25 bits per heavy atom. The van der Waals surface area contributed by atoms with Crippen LogP contribution in [0.4, 0.5) is 5.69 Å². The monoisotopic (exact) mass is 313 g/mol. The molecule has 110 valence electrons. The van der Waals surface area contributed by atoms with Crippen LogP contribution in [0.15, 0.2) is 34.2 Å². The number of benzene rings is 1. The molecule has 5 nitrogen and oxygen atoms in total. The molecule has 0 bridgehead atoms. The van der Waals surface area contributed by atoms with Gasteiger partial charge in [0.2, 0.25) is 10.0 Å². The van der Waals surface area contributed by atoms with Crippen LogP contribution < -0.4 is 10.5 Å². The van der Waals surface area contributed by atoms with Gasteiger partial charge in [-0.3, -0.25) is 4.99 Å². The van der Waals surface area contributed by atoms with Gasteiger partial charge in [-0.2, -0.15) is 0 Å². The summed E-state index contributed by atoms with van der Waals surface area (Å²) in [6.45, 7) is 4.36. The van der Waals surface area contributed by atoms with Crippen molar-refractivity contribution in [1.29, 1.82) is 0 Å². The maximum Gasteiger partial charge on any atom is 0.238 e. The molecule has 0 amide bonds. The molecule has 2 rings (SSSR count). The summed E-state index contributed by atoms with van der Waals surface area (Å²) in [7, 11) is -3.67. The fourth-order valence-corrected chi connectivity index (χ4v) is 3.56. The Morgan fingerprint density at radius 1 is 1.50 bits per heavy atom. The number of primary sulfonamides is 1. The van der Waals surface area contributed by atoms with E-state index in [0.717, 1.165) is 17.3 Å². The van der Waals surface area contributed by atoms with Gasteiger partial charge in [-0.15, -0.1) is 0 Å². The molecule has 7 heteroatoms. The van der Waals surface area contributed by atoms with Crippen LogP contribution in [-0.4, -0.2) is 25.4 Å². The van der Waals surface area contributed by atoms with Gasteiger partial charge in [-0.25, -0.2) is 13.6 Å². The van der Waals surface area contributed by atoms with Gasteiger partial charge >= 0.3 is 0 Å². The van der Waals surface area contributed by atoms with E-state index in [9.17, 15) is 8.42 Å². The van der Waals surface area contributed by atoms with Crippen LogP contribution in [0.25, 0.3) is 0 Å². The lowest BCUT2D eigenvalue weighted by molar-refractivity contribution is 0.529. The molecule has 0 radical (unpaired) electrons. The zero-order valence-electron chi connectivity index (χ0n) is 11.5. The van der Waals surface area contributed by atoms with E-state index in [1.807, 2.05) is 0 Å². The third kappa shape index (κ3) is 4.22. The maximum absolute atomic E-state index is 11.3. The van der Waals surface area contributed by atoms with E-state index in [0.29, 0.717) is 17.6 Å².